The first-order valence-electron chi connectivity index (χ1n) is 5.67. The zero-order valence-corrected chi connectivity index (χ0v) is 10.1. The van der Waals surface area contributed by atoms with Crippen LogP contribution in [0.2, 0.25) is 0 Å². The van der Waals surface area contributed by atoms with Gasteiger partial charge in [0.25, 0.3) is 5.91 Å². The van der Waals surface area contributed by atoms with E-state index in [9.17, 15) is 4.79 Å². The van der Waals surface area contributed by atoms with Crippen molar-refractivity contribution in [2.75, 3.05) is 11.9 Å². The molecule has 2 aromatic rings. The van der Waals surface area contributed by atoms with Gasteiger partial charge < -0.3 is 11.1 Å². The van der Waals surface area contributed by atoms with Crippen molar-refractivity contribution in [3.63, 3.8) is 0 Å². The number of carbonyl (C=O) groups excluding carboxylic acids is 1. The van der Waals surface area contributed by atoms with Crippen molar-refractivity contribution in [3.05, 3.63) is 53.7 Å². The molecule has 5 heteroatoms. The van der Waals surface area contributed by atoms with E-state index in [2.05, 4.69) is 27.4 Å². The van der Waals surface area contributed by atoms with Crippen LogP contribution in [0.25, 0.3) is 0 Å². The van der Waals surface area contributed by atoms with Crippen molar-refractivity contribution >= 4 is 11.7 Å². The molecule has 0 fully saturated rings. The van der Waals surface area contributed by atoms with Crippen LogP contribution < -0.4 is 11.1 Å². The van der Waals surface area contributed by atoms with Crippen LogP contribution in [0.3, 0.4) is 0 Å². The molecule has 0 radical (unpaired) electrons. The Balaban J connectivity index is 2.08. The Morgan fingerprint density at radius 1 is 1.26 bits per heavy atom. The number of benzene rings is 1. The minimum absolute atomic E-state index is 0.237. The van der Waals surface area contributed by atoms with Crippen LogP contribution in [0.4, 0.5) is 5.82 Å². The number of nitrogens with one attached hydrogen (secondary N) is 1. The lowest BCUT2D eigenvalue weighted by Crippen LogP contribution is -2.13. The zero-order chi connectivity index (χ0) is 13.5. The molecule has 2 rings (SSSR count). The molecule has 0 aliphatic heterocycles. The van der Waals surface area contributed by atoms with Gasteiger partial charge in [0.2, 0.25) is 0 Å². The van der Waals surface area contributed by atoms with E-state index in [-0.39, 0.29) is 5.91 Å². The van der Waals surface area contributed by atoms with E-state index in [0.29, 0.717) is 17.9 Å². The highest BCUT2D eigenvalue weighted by atomic mass is 16.1. The molecule has 3 N–H and O–H groups in total. The molecule has 1 aromatic carbocycles. The van der Waals surface area contributed by atoms with Crippen molar-refractivity contribution < 1.29 is 4.79 Å². The van der Waals surface area contributed by atoms with Crippen LogP contribution in [-0.4, -0.2) is 22.6 Å². The van der Waals surface area contributed by atoms with Crippen molar-refractivity contribution in [2.24, 2.45) is 5.73 Å². The number of anilines is 1. The third kappa shape index (κ3) is 3.63. The number of carbonyl (C=O) groups is 1. The lowest BCUT2D eigenvalue weighted by atomic mass is 10.1. The lowest BCUT2D eigenvalue weighted by molar-refractivity contribution is 0.102. The quantitative estimate of drug-likeness (QED) is 0.782. The largest absolute Gasteiger partial charge is 0.320 e. The summed E-state index contributed by atoms with van der Waals surface area (Å²) in [5.41, 5.74) is 6.64. The minimum atomic E-state index is -0.237. The van der Waals surface area contributed by atoms with E-state index in [4.69, 9.17) is 5.73 Å². The van der Waals surface area contributed by atoms with Crippen molar-refractivity contribution in [2.45, 2.75) is 0 Å². The number of nitrogens with two attached hydrogens (primary N) is 1. The topological polar surface area (TPSA) is 80.9 Å². The van der Waals surface area contributed by atoms with Crippen LogP contribution in [0.15, 0.2) is 42.6 Å². The second kappa shape index (κ2) is 6.28. The molecule has 0 bridgehead atoms. The fourth-order valence-corrected chi connectivity index (χ4v) is 1.41. The minimum Gasteiger partial charge on any atom is -0.320 e. The molecule has 0 spiro atoms. The van der Waals surface area contributed by atoms with Crippen LogP contribution >= 0.6 is 0 Å². The van der Waals surface area contributed by atoms with Crippen LogP contribution in [0.5, 0.6) is 0 Å². The molecule has 1 amide bonds. The van der Waals surface area contributed by atoms with Gasteiger partial charge in [0, 0.05) is 17.3 Å². The Kier molecular flexibility index (Phi) is 4.21. The van der Waals surface area contributed by atoms with Crippen LogP contribution in [0, 0.1) is 11.8 Å². The van der Waals surface area contributed by atoms with E-state index in [1.165, 1.54) is 0 Å². The summed E-state index contributed by atoms with van der Waals surface area (Å²) in [4.78, 5) is 11.9. The van der Waals surface area contributed by atoms with Crippen LogP contribution in [-0.2, 0) is 0 Å². The zero-order valence-electron chi connectivity index (χ0n) is 10.1. The Morgan fingerprint density at radius 2 is 2.05 bits per heavy atom. The molecule has 0 saturated carbocycles. The number of amides is 1. The van der Waals surface area contributed by atoms with E-state index in [0.717, 1.165) is 5.56 Å². The summed E-state index contributed by atoms with van der Waals surface area (Å²) < 4.78 is 0. The number of hydrogen-bond donors (Lipinski definition) is 2. The Hall–Kier alpha value is -2.71. The molecule has 0 unspecified atom stereocenters. The summed E-state index contributed by atoms with van der Waals surface area (Å²) in [7, 11) is 0. The Labute approximate surface area is 110 Å². The van der Waals surface area contributed by atoms with Crippen LogP contribution in [0.1, 0.15) is 15.9 Å². The average Bonchev–Trinajstić information content (AvgIpc) is 2.46. The second-order valence-corrected chi connectivity index (χ2v) is 3.65. The maximum absolute atomic E-state index is 11.9. The molecular weight excluding hydrogens is 240 g/mol. The monoisotopic (exact) mass is 252 g/mol. The summed E-state index contributed by atoms with van der Waals surface area (Å²) in [5.74, 6) is 5.82. The van der Waals surface area contributed by atoms with Crippen molar-refractivity contribution in [1.29, 1.82) is 0 Å². The van der Waals surface area contributed by atoms with Gasteiger partial charge in [-0.15, -0.1) is 5.10 Å². The summed E-state index contributed by atoms with van der Waals surface area (Å²) in [6, 6.07) is 10.3. The number of rotatable bonds is 2. The standard InChI is InChI=1S/C14H12N4O/c15-9-1-3-11-5-7-12(8-6-11)14(19)17-13-4-2-10-16-18-13/h2,4-8,10H,9,15H2,(H,17,18,19). The van der Waals surface area contributed by atoms with E-state index in [1.807, 2.05) is 0 Å². The molecule has 0 aliphatic carbocycles. The van der Waals surface area contributed by atoms with Gasteiger partial charge in [-0.1, -0.05) is 11.8 Å². The third-order valence-corrected chi connectivity index (χ3v) is 2.30. The van der Waals surface area contributed by atoms with Gasteiger partial charge in [0.15, 0.2) is 5.82 Å². The van der Waals surface area contributed by atoms with Gasteiger partial charge in [-0.25, -0.2) is 0 Å². The maximum atomic E-state index is 11.9. The molecule has 1 heterocycles. The molecule has 1 aromatic heterocycles. The molecule has 5 nitrogen and oxygen atoms in total. The maximum Gasteiger partial charge on any atom is 0.256 e. The fourth-order valence-electron chi connectivity index (χ4n) is 1.41. The Bertz CT molecular complexity index is 611. The predicted octanol–water partition coefficient (Wildman–Crippen LogP) is 1.04. The van der Waals surface area contributed by atoms with Crippen molar-refractivity contribution in [3.8, 4) is 11.8 Å². The highest BCUT2D eigenvalue weighted by Crippen LogP contribution is 2.06. The molecular formula is C14H12N4O. The summed E-state index contributed by atoms with van der Waals surface area (Å²) in [6.45, 7) is 0.314. The lowest BCUT2D eigenvalue weighted by Gasteiger charge is -2.03. The molecule has 94 valence electrons. The summed E-state index contributed by atoms with van der Waals surface area (Å²) in [5, 5.41) is 10.1. The molecule has 0 saturated heterocycles. The molecule has 0 aliphatic rings. The SMILES string of the molecule is NCC#Cc1ccc(C(=O)Nc2cccnn2)cc1. The number of aromatic nitrogens is 2. The normalized spacial score (nSPS) is 9.32. The van der Waals surface area contributed by atoms with Gasteiger partial charge in [0.05, 0.1) is 6.54 Å². The van der Waals surface area contributed by atoms with Crippen molar-refractivity contribution in [1.82, 2.24) is 10.2 Å². The first kappa shape index (κ1) is 12.7. The highest BCUT2D eigenvalue weighted by molar-refractivity contribution is 6.03. The van der Waals surface area contributed by atoms with E-state index in [1.54, 1.807) is 42.6 Å². The fraction of sp³-hybridized carbons (Fsp3) is 0.0714. The third-order valence-electron chi connectivity index (χ3n) is 2.30. The Morgan fingerprint density at radius 3 is 2.68 bits per heavy atom. The van der Waals surface area contributed by atoms with Gasteiger partial charge in [-0.3, -0.25) is 4.79 Å². The highest BCUT2D eigenvalue weighted by Gasteiger charge is 2.06. The first-order chi connectivity index (χ1) is 9.29. The van der Waals surface area contributed by atoms with E-state index >= 15 is 0 Å². The molecule has 0 atom stereocenters. The van der Waals surface area contributed by atoms with Gasteiger partial charge >= 0.3 is 0 Å². The molecule has 19 heavy (non-hydrogen) atoms. The summed E-state index contributed by atoms with van der Waals surface area (Å²) in [6.07, 6.45) is 1.54. The predicted molar refractivity (Wildman–Crippen MR) is 72.4 cm³/mol. The summed E-state index contributed by atoms with van der Waals surface area (Å²) >= 11 is 0. The smallest absolute Gasteiger partial charge is 0.256 e. The van der Waals surface area contributed by atoms with Gasteiger partial charge in [-0.2, -0.15) is 5.10 Å². The second-order valence-electron chi connectivity index (χ2n) is 3.65. The number of hydrogen-bond acceptors (Lipinski definition) is 4. The van der Waals surface area contributed by atoms with Gasteiger partial charge in [0.1, 0.15) is 0 Å². The average molecular weight is 252 g/mol. The first-order valence-corrected chi connectivity index (χ1v) is 5.67. The van der Waals surface area contributed by atoms with Gasteiger partial charge in [-0.05, 0) is 36.4 Å². The number of nitrogens with zero attached hydrogens (tertiary/aromatic N) is 2. The van der Waals surface area contributed by atoms with E-state index < -0.39 is 0 Å².